The maximum absolute atomic E-state index is 11.8. The maximum Gasteiger partial charge on any atom is 0.339 e. The number of aryl methyl sites for hydroxylation is 1. The van der Waals surface area contributed by atoms with Crippen molar-refractivity contribution in [2.24, 2.45) is 0 Å². The van der Waals surface area contributed by atoms with E-state index >= 15 is 0 Å². The second kappa shape index (κ2) is 5.36. The minimum absolute atomic E-state index is 0.00819. The fourth-order valence-corrected chi connectivity index (χ4v) is 2.52. The molecule has 100 valence electrons. The van der Waals surface area contributed by atoms with Crippen LogP contribution in [-0.2, 0) is 11.3 Å². The highest BCUT2D eigenvalue weighted by Crippen LogP contribution is 2.11. The third kappa shape index (κ3) is 2.73. The monoisotopic (exact) mass is 278 g/mol. The molecule has 2 aromatic rings. The smallest absolute Gasteiger partial charge is 0.339 e. The highest BCUT2D eigenvalue weighted by molar-refractivity contribution is 7.09. The van der Waals surface area contributed by atoms with Gasteiger partial charge in [-0.1, -0.05) is 11.3 Å². The summed E-state index contributed by atoms with van der Waals surface area (Å²) in [7, 11) is 1.33. The number of hydrogen-bond acceptors (Lipinski definition) is 5. The number of thiazole rings is 1. The second-order valence-corrected chi connectivity index (χ2v) is 5.29. The van der Waals surface area contributed by atoms with Crippen LogP contribution in [0.25, 0.3) is 0 Å². The average molecular weight is 278 g/mol. The van der Waals surface area contributed by atoms with Crippen LogP contribution in [0.15, 0.2) is 23.1 Å². The Labute approximate surface area is 114 Å². The van der Waals surface area contributed by atoms with E-state index in [2.05, 4.69) is 9.72 Å². The van der Waals surface area contributed by atoms with Crippen LogP contribution >= 0.6 is 11.3 Å². The van der Waals surface area contributed by atoms with Gasteiger partial charge in [0.25, 0.3) is 0 Å². The molecule has 0 aromatic carbocycles. The van der Waals surface area contributed by atoms with Crippen molar-refractivity contribution in [2.45, 2.75) is 20.4 Å². The third-order valence-electron chi connectivity index (χ3n) is 2.94. The van der Waals surface area contributed by atoms with Crippen molar-refractivity contribution in [2.75, 3.05) is 7.11 Å². The summed E-state index contributed by atoms with van der Waals surface area (Å²) in [6.07, 6.45) is 1.46. The molecule has 2 aromatic heterocycles. The second-order valence-electron chi connectivity index (χ2n) is 4.13. The van der Waals surface area contributed by atoms with Gasteiger partial charge in [-0.25, -0.2) is 4.79 Å². The molecule has 6 heteroatoms. The zero-order valence-electron chi connectivity index (χ0n) is 11.0. The van der Waals surface area contributed by atoms with E-state index in [1.54, 1.807) is 16.7 Å². The molecule has 0 amide bonds. The van der Waals surface area contributed by atoms with E-state index in [1.807, 2.05) is 13.8 Å². The van der Waals surface area contributed by atoms with Crippen LogP contribution in [-0.4, -0.2) is 22.6 Å². The molecule has 0 atom stereocenters. The van der Waals surface area contributed by atoms with E-state index in [9.17, 15) is 9.59 Å². The van der Waals surface area contributed by atoms with E-state index in [0.717, 1.165) is 16.3 Å². The standard InChI is InChI=1S/C13H14N2O3S/c1-8-9(2)19-13(17)15(8)7-11-5-4-10(6-14-11)12(16)18-3/h4-6H,7H2,1-3H3. The lowest BCUT2D eigenvalue weighted by Gasteiger charge is -2.05. The zero-order chi connectivity index (χ0) is 14.0. The summed E-state index contributed by atoms with van der Waals surface area (Å²) in [5.74, 6) is -0.418. The topological polar surface area (TPSA) is 61.2 Å². The van der Waals surface area contributed by atoms with Crippen molar-refractivity contribution in [3.05, 3.63) is 49.8 Å². The summed E-state index contributed by atoms with van der Waals surface area (Å²) in [6, 6.07) is 3.37. The Kier molecular flexibility index (Phi) is 3.80. The van der Waals surface area contributed by atoms with Crippen LogP contribution in [0.4, 0.5) is 0 Å². The quantitative estimate of drug-likeness (QED) is 0.803. The number of nitrogens with zero attached hydrogens (tertiary/aromatic N) is 2. The molecular weight excluding hydrogens is 264 g/mol. The summed E-state index contributed by atoms with van der Waals surface area (Å²) in [5.41, 5.74) is 2.08. The number of carbonyl (C=O) groups excluding carboxylic acids is 1. The molecule has 0 N–H and O–H groups in total. The Balaban J connectivity index is 2.25. The summed E-state index contributed by atoms with van der Waals surface area (Å²) < 4.78 is 6.28. The van der Waals surface area contributed by atoms with E-state index in [4.69, 9.17) is 0 Å². The Morgan fingerprint density at radius 3 is 2.63 bits per heavy atom. The molecule has 2 heterocycles. The molecule has 0 bridgehead atoms. The first-order valence-corrected chi connectivity index (χ1v) is 6.54. The summed E-state index contributed by atoms with van der Waals surface area (Å²) in [6.45, 7) is 4.25. The molecule has 0 saturated carbocycles. The first-order valence-electron chi connectivity index (χ1n) is 5.73. The fourth-order valence-electron chi connectivity index (χ4n) is 1.69. The predicted molar refractivity (Wildman–Crippen MR) is 72.7 cm³/mol. The molecule has 0 aliphatic rings. The number of aromatic nitrogens is 2. The molecular formula is C13H14N2O3S. The number of hydrogen-bond donors (Lipinski definition) is 0. The third-order valence-corrected chi connectivity index (χ3v) is 3.94. The van der Waals surface area contributed by atoms with Crippen LogP contribution in [0.2, 0.25) is 0 Å². The molecule has 2 rings (SSSR count). The van der Waals surface area contributed by atoms with Crippen molar-refractivity contribution in [1.29, 1.82) is 0 Å². The van der Waals surface area contributed by atoms with Crippen LogP contribution in [0.1, 0.15) is 26.6 Å². The van der Waals surface area contributed by atoms with Gasteiger partial charge in [0.2, 0.25) is 0 Å². The van der Waals surface area contributed by atoms with Crippen LogP contribution in [0.3, 0.4) is 0 Å². The summed E-state index contributed by atoms with van der Waals surface area (Å²) >= 11 is 1.23. The van der Waals surface area contributed by atoms with E-state index in [1.165, 1.54) is 24.6 Å². The number of methoxy groups -OCH3 is 1. The minimum atomic E-state index is -0.418. The zero-order valence-corrected chi connectivity index (χ0v) is 11.8. The minimum Gasteiger partial charge on any atom is -0.465 e. The summed E-state index contributed by atoms with van der Waals surface area (Å²) in [4.78, 5) is 28.2. The Hall–Kier alpha value is -1.95. The maximum atomic E-state index is 11.8. The van der Waals surface area contributed by atoms with E-state index in [-0.39, 0.29) is 4.87 Å². The Morgan fingerprint density at radius 1 is 1.42 bits per heavy atom. The van der Waals surface area contributed by atoms with Gasteiger partial charge in [-0.2, -0.15) is 0 Å². The molecule has 0 aliphatic carbocycles. The molecule has 0 saturated heterocycles. The van der Waals surface area contributed by atoms with Crippen molar-refractivity contribution < 1.29 is 9.53 Å². The van der Waals surface area contributed by atoms with Gasteiger partial charge >= 0.3 is 10.8 Å². The predicted octanol–water partition coefficient (Wildman–Crippen LogP) is 1.76. The SMILES string of the molecule is COC(=O)c1ccc(Cn2c(C)c(C)sc2=O)nc1. The first-order chi connectivity index (χ1) is 9.02. The molecule has 5 nitrogen and oxygen atoms in total. The van der Waals surface area contributed by atoms with Gasteiger partial charge in [-0.15, -0.1) is 0 Å². The van der Waals surface area contributed by atoms with Gasteiger partial charge in [0, 0.05) is 16.8 Å². The van der Waals surface area contributed by atoms with E-state index in [0.29, 0.717) is 12.1 Å². The van der Waals surface area contributed by atoms with Gasteiger partial charge in [-0.05, 0) is 26.0 Å². The van der Waals surface area contributed by atoms with Gasteiger partial charge < -0.3 is 4.74 Å². The van der Waals surface area contributed by atoms with Crippen molar-refractivity contribution in [3.8, 4) is 0 Å². The molecule has 0 aliphatic heterocycles. The van der Waals surface area contributed by atoms with Crippen molar-refractivity contribution in [3.63, 3.8) is 0 Å². The molecule has 0 unspecified atom stereocenters. The molecule has 0 spiro atoms. The highest BCUT2D eigenvalue weighted by atomic mass is 32.1. The summed E-state index contributed by atoms with van der Waals surface area (Å²) in [5, 5.41) is 0. The number of carbonyl (C=O) groups is 1. The number of ether oxygens (including phenoxy) is 1. The molecule has 19 heavy (non-hydrogen) atoms. The number of rotatable bonds is 3. The van der Waals surface area contributed by atoms with Gasteiger partial charge in [0.15, 0.2) is 0 Å². The highest BCUT2D eigenvalue weighted by Gasteiger charge is 2.10. The first kappa shape index (κ1) is 13.5. The lowest BCUT2D eigenvalue weighted by Crippen LogP contribution is -2.16. The number of esters is 1. The van der Waals surface area contributed by atoms with Crippen LogP contribution < -0.4 is 4.87 Å². The van der Waals surface area contributed by atoms with Crippen molar-refractivity contribution >= 4 is 17.3 Å². The lowest BCUT2D eigenvalue weighted by molar-refractivity contribution is 0.0600. The average Bonchev–Trinajstić information content (AvgIpc) is 2.65. The van der Waals surface area contributed by atoms with Gasteiger partial charge in [-0.3, -0.25) is 14.3 Å². The van der Waals surface area contributed by atoms with Gasteiger partial charge in [0.1, 0.15) is 0 Å². The molecule has 0 fully saturated rings. The van der Waals surface area contributed by atoms with Crippen molar-refractivity contribution in [1.82, 2.24) is 9.55 Å². The Bertz CT molecular complexity index is 656. The normalized spacial score (nSPS) is 10.5. The van der Waals surface area contributed by atoms with Gasteiger partial charge in [0.05, 0.1) is 24.9 Å². The van der Waals surface area contributed by atoms with Crippen LogP contribution in [0, 0.1) is 13.8 Å². The van der Waals surface area contributed by atoms with E-state index < -0.39 is 5.97 Å². The fraction of sp³-hybridized carbons (Fsp3) is 0.308. The molecule has 0 radical (unpaired) electrons. The largest absolute Gasteiger partial charge is 0.465 e. The van der Waals surface area contributed by atoms with Crippen LogP contribution in [0.5, 0.6) is 0 Å². The Morgan fingerprint density at radius 2 is 2.16 bits per heavy atom. The lowest BCUT2D eigenvalue weighted by atomic mass is 10.2. The number of pyridine rings is 1.